The fraction of sp³-hybridized carbons (Fsp3) is 0.105. The van der Waals surface area contributed by atoms with E-state index in [1.165, 1.54) is 0 Å². The first-order valence-electron chi connectivity index (χ1n) is 7.83. The molecule has 26 heavy (non-hydrogen) atoms. The fourth-order valence-electron chi connectivity index (χ4n) is 2.48. The summed E-state index contributed by atoms with van der Waals surface area (Å²) in [6.07, 6.45) is 1.69. The number of ether oxygens (including phenoxy) is 1. The summed E-state index contributed by atoms with van der Waals surface area (Å²) in [4.78, 5) is 4.62. The Morgan fingerprint density at radius 2 is 1.85 bits per heavy atom. The van der Waals surface area contributed by atoms with E-state index in [1.807, 2.05) is 30.3 Å². The normalized spacial score (nSPS) is 11.3. The molecule has 1 N–H and O–H groups in total. The van der Waals surface area contributed by atoms with Gasteiger partial charge in [0.25, 0.3) is 0 Å². The molecule has 0 saturated carbocycles. The quantitative estimate of drug-likeness (QED) is 0.638. The molecule has 2 aromatic carbocycles. The molecule has 0 spiro atoms. The van der Waals surface area contributed by atoms with Crippen LogP contribution in [0.15, 0.2) is 76.2 Å². The molecule has 1 heterocycles. The molecule has 0 aliphatic carbocycles. The van der Waals surface area contributed by atoms with Crippen molar-refractivity contribution in [2.45, 2.75) is 11.4 Å². The topological polar surface area (TPSA) is 68.3 Å². The highest BCUT2D eigenvalue weighted by atomic mass is 79.9. The molecule has 0 aliphatic heterocycles. The zero-order valence-corrected chi connectivity index (χ0v) is 16.4. The van der Waals surface area contributed by atoms with Crippen molar-refractivity contribution in [3.8, 4) is 17.0 Å². The molecule has 7 heteroatoms. The molecule has 0 saturated heterocycles. The summed E-state index contributed by atoms with van der Waals surface area (Å²) in [6.45, 7) is 0.143. The van der Waals surface area contributed by atoms with Gasteiger partial charge >= 0.3 is 0 Å². The van der Waals surface area contributed by atoms with Gasteiger partial charge in [-0.25, -0.2) is 13.1 Å². The van der Waals surface area contributed by atoms with Crippen molar-refractivity contribution in [3.63, 3.8) is 0 Å². The highest BCUT2D eigenvalue weighted by Crippen LogP contribution is 2.24. The maximum Gasteiger partial charge on any atom is 0.240 e. The van der Waals surface area contributed by atoms with E-state index >= 15 is 0 Å². The van der Waals surface area contributed by atoms with Crippen LogP contribution in [0.1, 0.15) is 5.56 Å². The lowest BCUT2D eigenvalue weighted by molar-refractivity contribution is 0.415. The number of methoxy groups -OCH3 is 1. The Morgan fingerprint density at radius 1 is 1.08 bits per heavy atom. The summed E-state index contributed by atoms with van der Waals surface area (Å²) < 4.78 is 33.6. The second kappa shape index (κ2) is 7.99. The van der Waals surface area contributed by atoms with E-state index in [9.17, 15) is 8.42 Å². The van der Waals surface area contributed by atoms with Crippen molar-refractivity contribution in [1.29, 1.82) is 0 Å². The van der Waals surface area contributed by atoms with Crippen molar-refractivity contribution >= 4 is 26.0 Å². The summed E-state index contributed by atoms with van der Waals surface area (Å²) in [5.74, 6) is 0.751. The molecule has 5 nitrogen and oxygen atoms in total. The molecule has 0 aliphatic rings. The fourth-order valence-corrected chi connectivity index (χ4v) is 4.08. The molecule has 0 amide bonds. The highest BCUT2D eigenvalue weighted by molar-refractivity contribution is 9.10. The number of hydrogen-bond donors (Lipinski definition) is 1. The Bertz CT molecular complexity index is 1010. The van der Waals surface area contributed by atoms with Gasteiger partial charge in [0.05, 0.1) is 17.7 Å². The molecule has 0 fully saturated rings. The standard InChI is InChI=1S/C19H17BrN2O3S/c1-25-17-9-7-14(8-10-17)19-15(4-3-11-21-19)13-22-26(23,24)18-6-2-5-16(20)12-18/h2-12,22H,13H2,1H3. The number of benzene rings is 2. The number of sulfonamides is 1. The Balaban J connectivity index is 1.84. The Morgan fingerprint density at radius 3 is 2.54 bits per heavy atom. The maximum atomic E-state index is 12.5. The first-order valence-corrected chi connectivity index (χ1v) is 10.1. The third-order valence-electron chi connectivity index (χ3n) is 3.81. The van der Waals surface area contributed by atoms with Crippen LogP contribution in [-0.4, -0.2) is 20.5 Å². The molecule has 0 unspecified atom stereocenters. The summed E-state index contributed by atoms with van der Waals surface area (Å²) in [5, 5.41) is 0. The van der Waals surface area contributed by atoms with Crippen LogP contribution in [0.4, 0.5) is 0 Å². The molecule has 3 rings (SSSR count). The number of pyridine rings is 1. The van der Waals surface area contributed by atoms with Gasteiger partial charge < -0.3 is 4.74 Å². The Labute approximate surface area is 161 Å². The maximum absolute atomic E-state index is 12.5. The van der Waals surface area contributed by atoms with Crippen molar-refractivity contribution in [3.05, 3.63) is 76.9 Å². The first kappa shape index (κ1) is 18.6. The van der Waals surface area contributed by atoms with Crippen LogP contribution in [0, 0.1) is 0 Å². The number of halogens is 1. The van der Waals surface area contributed by atoms with Gasteiger partial charge in [-0.1, -0.05) is 28.1 Å². The van der Waals surface area contributed by atoms with Crippen LogP contribution in [0.25, 0.3) is 11.3 Å². The molecule has 0 bridgehead atoms. The van der Waals surface area contributed by atoms with E-state index in [1.54, 1.807) is 43.6 Å². The second-order valence-corrected chi connectivity index (χ2v) is 8.20. The Hall–Kier alpha value is -2.22. The predicted octanol–water partition coefficient (Wildman–Crippen LogP) is 4.00. The van der Waals surface area contributed by atoms with Gasteiger partial charge in [0.1, 0.15) is 5.75 Å². The predicted molar refractivity (Wildman–Crippen MR) is 104 cm³/mol. The number of hydrogen-bond acceptors (Lipinski definition) is 4. The zero-order valence-electron chi connectivity index (χ0n) is 14.0. The van der Waals surface area contributed by atoms with E-state index in [0.29, 0.717) is 4.47 Å². The second-order valence-electron chi connectivity index (χ2n) is 5.52. The number of aromatic nitrogens is 1. The summed E-state index contributed by atoms with van der Waals surface area (Å²) in [6, 6.07) is 17.7. The molecule has 0 atom stereocenters. The minimum Gasteiger partial charge on any atom is -0.497 e. The Kier molecular flexibility index (Phi) is 5.70. The summed E-state index contributed by atoms with van der Waals surface area (Å²) in [7, 11) is -2.01. The van der Waals surface area contributed by atoms with Crippen LogP contribution < -0.4 is 9.46 Å². The minimum absolute atomic E-state index is 0.143. The van der Waals surface area contributed by atoms with Crippen molar-refractivity contribution in [2.24, 2.45) is 0 Å². The van der Waals surface area contributed by atoms with Gasteiger partial charge in [-0.2, -0.15) is 0 Å². The van der Waals surface area contributed by atoms with Gasteiger partial charge in [0.2, 0.25) is 10.0 Å². The SMILES string of the molecule is COc1ccc(-c2ncccc2CNS(=O)(=O)c2cccc(Br)c2)cc1. The minimum atomic E-state index is -3.62. The van der Waals surface area contributed by atoms with Crippen molar-refractivity contribution in [1.82, 2.24) is 9.71 Å². The van der Waals surface area contributed by atoms with E-state index in [4.69, 9.17) is 4.74 Å². The van der Waals surface area contributed by atoms with Crippen LogP contribution in [0.3, 0.4) is 0 Å². The lowest BCUT2D eigenvalue weighted by Crippen LogP contribution is -2.23. The molecule has 134 valence electrons. The monoisotopic (exact) mass is 432 g/mol. The van der Waals surface area contributed by atoms with Crippen LogP contribution >= 0.6 is 15.9 Å². The summed E-state index contributed by atoms with van der Waals surface area (Å²) >= 11 is 3.29. The van der Waals surface area contributed by atoms with Gasteiger partial charge in [0, 0.05) is 22.8 Å². The molecule has 0 radical (unpaired) electrons. The van der Waals surface area contributed by atoms with Crippen LogP contribution in [0.5, 0.6) is 5.75 Å². The molecular formula is C19H17BrN2O3S. The van der Waals surface area contributed by atoms with E-state index < -0.39 is 10.0 Å². The van der Waals surface area contributed by atoms with Crippen molar-refractivity contribution in [2.75, 3.05) is 7.11 Å². The highest BCUT2D eigenvalue weighted by Gasteiger charge is 2.15. The average Bonchev–Trinajstić information content (AvgIpc) is 2.67. The van der Waals surface area contributed by atoms with E-state index in [0.717, 1.165) is 22.6 Å². The number of nitrogens with zero attached hydrogens (tertiary/aromatic N) is 1. The molecule has 3 aromatic rings. The average molecular weight is 433 g/mol. The first-order chi connectivity index (χ1) is 12.5. The largest absolute Gasteiger partial charge is 0.497 e. The molecular weight excluding hydrogens is 416 g/mol. The van der Waals surface area contributed by atoms with Gasteiger partial charge in [0.15, 0.2) is 0 Å². The lowest BCUT2D eigenvalue weighted by Gasteiger charge is -2.11. The lowest BCUT2D eigenvalue weighted by atomic mass is 10.1. The van der Waals surface area contributed by atoms with Crippen LogP contribution in [-0.2, 0) is 16.6 Å². The molecule has 1 aromatic heterocycles. The number of rotatable bonds is 6. The van der Waals surface area contributed by atoms with Gasteiger partial charge in [-0.05, 0) is 54.1 Å². The summed E-state index contributed by atoms with van der Waals surface area (Å²) in [5.41, 5.74) is 2.41. The van der Waals surface area contributed by atoms with Gasteiger partial charge in [-0.15, -0.1) is 0 Å². The van der Waals surface area contributed by atoms with E-state index in [-0.39, 0.29) is 11.4 Å². The van der Waals surface area contributed by atoms with Crippen molar-refractivity contribution < 1.29 is 13.2 Å². The number of nitrogens with one attached hydrogen (secondary N) is 1. The zero-order chi connectivity index (χ0) is 18.6. The van der Waals surface area contributed by atoms with Gasteiger partial charge in [-0.3, -0.25) is 4.98 Å². The third-order valence-corrected chi connectivity index (χ3v) is 5.71. The smallest absolute Gasteiger partial charge is 0.240 e. The van der Waals surface area contributed by atoms with E-state index in [2.05, 4.69) is 25.6 Å². The third kappa shape index (κ3) is 4.30. The van der Waals surface area contributed by atoms with Crippen LogP contribution in [0.2, 0.25) is 0 Å².